The molecular weight excluding hydrogens is 335 g/mol. The number of nitrogen functional groups attached to an aromatic ring is 1. The van der Waals surface area contributed by atoms with Gasteiger partial charge in [-0.1, -0.05) is 0 Å². The smallest absolute Gasteiger partial charge is 0.416 e. The number of alkyl halides is 3. The normalized spacial score (nSPS) is 13.2. The van der Waals surface area contributed by atoms with Crippen LogP contribution < -0.4 is 11.1 Å². The van der Waals surface area contributed by atoms with Gasteiger partial charge in [-0.3, -0.25) is 0 Å². The van der Waals surface area contributed by atoms with Crippen molar-refractivity contribution in [3.63, 3.8) is 0 Å². The number of aromatic nitrogens is 3. The number of rotatable bonds is 3. The Kier molecular flexibility index (Phi) is 3.94. The highest BCUT2D eigenvalue weighted by atomic mass is 19.4. The maximum atomic E-state index is 13.0. The second kappa shape index (κ2) is 5.83. The van der Waals surface area contributed by atoms with Crippen molar-refractivity contribution in [3.05, 3.63) is 47.4 Å². The molecule has 0 fully saturated rings. The quantitative estimate of drug-likeness (QED) is 0.629. The average molecular weight is 351 g/mol. The van der Waals surface area contributed by atoms with E-state index in [0.717, 1.165) is 12.1 Å². The fourth-order valence-corrected chi connectivity index (χ4v) is 2.58. The van der Waals surface area contributed by atoms with Gasteiger partial charge in [-0.2, -0.15) is 18.3 Å². The number of anilines is 2. The van der Waals surface area contributed by atoms with E-state index >= 15 is 0 Å². The van der Waals surface area contributed by atoms with E-state index < -0.39 is 17.8 Å². The third kappa shape index (κ3) is 3.44. The van der Waals surface area contributed by atoms with Crippen LogP contribution in [0.25, 0.3) is 5.52 Å². The Morgan fingerprint density at radius 1 is 1.24 bits per heavy atom. The third-order valence-corrected chi connectivity index (χ3v) is 3.71. The number of nitrogens with one attached hydrogen (secondary N) is 1. The van der Waals surface area contributed by atoms with E-state index in [1.807, 2.05) is 0 Å². The number of benzene rings is 1. The molecule has 3 rings (SSSR count). The maximum Gasteiger partial charge on any atom is 0.416 e. The summed E-state index contributed by atoms with van der Waals surface area (Å²) in [4.78, 5) is 4.27. The van der Waals surface area contributed by atoms with Crippen LogP contribution in [-0.2, 0) is 6.18 Å². The number of aryl methyl sites for hydroxylation is 1. The van der Waals surface area contributed by atoms with Gasteiger partial charge in [0.15, 0.2) is 5.82 Å². The van der Waals surface area contributed by atoms with Crippen LogP contribution in [0.5, 0.6) is 5.75 Å². The van der Waals surface area contributed by atoms with Gasteiger partial charge >= 0.3 is 6.18 Å². The van der Waals surface area contributed by atoms with E-state index in [2.05, 4.69) is 15.4 Å². The topological polar surface area (TPSA) is 88.5 Å². The largest absolute Gasteiger partial charge is 0.506 e. The lowest BCUT2D eigenvalue weighted by Gasteiger charge is -2.18. The van der Waals surface area contributed by atoms with Crippen LogP contribution >= 0.6 is 0 Å². The molecule has 2 heterocycles. The summed E-state index contributed by atoms with van der Waals surface area (Å²) in [7, 11) is 0. The highest BCUT2D eigenvalue weighted by Crippen LogP contribution is 2.33. The van der Waals surface area contributed by atoms with Gasteiger partial charge in [0.25, 0.3) is 0 Å². The number of halogens is 3. The van der Waals surface area contributed by atoms with E-state index in [0.29, 0.717) is 22.7 Å². The van der Waals surface area contributed by atoms with Crippen molar-refractivity contribution in [2.24, 2.45) is 0 Å². The molecule has 0 spiro atoms. The molecular formula is C16H16F3N5O. The predicted octanol–water partition coefficient (Wildman–Crippen LogP) is 3.52. The van der Waals surface area contributed by atoms with Crippen molar-refractivity contribution in [3.8, 4) is 5.75 Å². The minimum absolute atomic E-state index is 0.0129. The molecule has 9 heteroatoms. The minimum Gasteiger partial charge on any atom is -0.506 e. The molecule has 0 amide bonds. The van der Waals surface area contributed by atoms with Gasteiger partial charge in [0.2, 0.25) is 0 Å². The Morgan fingerprint density at radius 2 is 1.96 bits per heavy atom. The van der Waals surface area contributed by atoms with Crippen LogP contribution in [0.15, 0.2) is 30.5 Å². The monoisotopic (exact) mass is 351 g/mol. The Hall–Kier alpha value is -2.97. The number of fused-ring (bicyclic) bond motifs is 1. The van der Waals surface area contributed by atoms with Crippen molar-refractivity contribution in [1.82, 2.24) is 14.6 Å². The van der Waals surface area contributed by atoms with Gasteiger partial charge in [0.05, 0.1) is 17.8 Å². The molecule has 0 aliphatic rings. The summed E-state index contributed by atoms with van der Waals surface area (Å²) in [6.07, 6.45) is -3.06. The molecule has 0 aliphatic heterocycles. The first-order chi connectivity index (χ1) is 11.6. The molecule has 0 unspecified atom stereocenters. The zero-order chi connectivity index (χ0) is 18.4. The van der Waals surface area contributed by atoms with E-state index in [1.165, 1.54) is 22.8 Å². The first-order valence-corrected chi connectivity index (χ1v) is 7.43. The Balaban J connectivity index is 1.98. The van der Waals surface area contributed by atoms with Gasteiger partial charge in [-0.15, -0.1) is 0 Å². The summed E-state index contributed by atoms with van der Waals surface area (Å²) >= 11 is 0. The maximum absolute atomic E-state index is 13.0. The summed E-state index contributed by atoms with van der Waals surface area (Å²) < 4.78 is 40.4. The van der Waals surface area contributed by atoms with Crippen molar-refractivity contribution in [2.45, 2.75) is 26.1 Å². The zero-order valence-electron chi connectivity index (χ0n) is 13.5. The molecule has 2 aromatic heterocycles. The molecule has 0 radical (unpaired) electrons. The molecule has 0 saturated carbocycles. The molecule has 1 atom stereocenters. The number of hydrogen-bond acceptors (Lipinski definition) is 5. The van der Waals surface area contributed by atoms with E-state index in [-0.39, 0.29) is 11.4 Å². The number of nitrogens with two attached hydrogens (primary N) is 1. The Labute approximate surface area is 141 Å². The molecule has 1 aromatic carbocycles. The van der Waals surface area contributed by atoms with Crippen LogP contribution in [0.1, 0.15) is 29.9 Å². The highest BCUT2D eigenvalue weighted by Gasteiger charge is 2.31. The minimum atomic E-state index is -4.48. The molecule has 3 aromatic rings. The second-order valence-electron chi connectivity index (χ2n) is 5.79. The van der Waals surface area contributed by atoms with Crippen molar-refractivity contribution < 1.29 is 18.3 Å². The lowest BCUT2D eigenvalue weighted by molar-refractivity contribution is -0.137. The first-order valence-electron chi connectivity index (χ1n) is 7.43. The van der Waals surface area contributed by atoms with E-state index in [9.17, 15) is 18.3 Å². The van der Waals surface area contributed by atoms with Crippen molar-refractivity contribution >= 4 is 17.0 Å². The third-order valence-electron chi connectivity index (χ3n) is 3.71. The number of aromatic hydroxyl groups is 1. The van der Waals surface area contributed by atoms with Gasteiger partial charge in [-0.05, 0) is 37.6 Å². The second-order valence-corrected chi connectivity index (χ2v) is 5.79. The van der Waals surface area contributed by atoms with Crippen LogP contribution in [-0.4, -0.2) is 19.7 Å². The molecule has 6 nitrogen and oxygen atoms in total. The lowest BCUT2D eigenvalue weighted by atomic mass is 10.0. The fraction of sp³-hybridized carbons (Fsp3) is 0.250. The van der Waals surface area contributed by atoms with Crippen molar-refractivity contribution in [1.29, 1.82) is 0 Å². The van der Waals surface area contributed by atoms with Crippen LogP contribution in [0, 0.1) is 6.92 Å². The van der Waals surface area contributed by atoms with E-state index in [4.69, 9.17) is 5.73 Å². The summed E-state index contributed by atoms with van der Waals surface area (Å²) in [5, 5.41) is 16.8. The molecule has 0 aliphatic carbocycles. The van der Waals surface area contributed by atoms with Crippen LogP contribution in [0.3, 0.4) is 0 Å². The van der Waals surface area contributed by atoms with E-state index in [1.54, 1.807) is 13.8 Å². The van der Waals surface area contributed by atoms with Gasteiger partial charge in [0.1, 0.15) is 17.1 Å². The van der Waals surface area contributed by atoms with Gasteiger partial charge in [-0.25, -0.2) is 9.50 Å². The average Bonchev–Trinajstić information content (AvgIpc) is 2.86. The summed E-state index contributed by atoms with van der Waals surface area (Å²) in [5.41, 5.74) is 5.72. The van der Waals surface area contributed by atoms with Crippen molar-refractivity contribution in [2.75, 3.05) is 11.1 Å². The summed E-state index contributed by atoms with van der Waals surface area (Å²) in [6.45, 7) is 3.38. The number of hydrogen-bond donors (Lipinski definition) is 3. The Bertz CT molecular complexity index is 935. The van der Waals surface area contributed by atoms with Crippen LogP contribution in [0.4, 0.5) is 24.7 Å². The summed E-state index contributed by atoms with van der Waals surface area (Å²) in [6, 6.07) is 4.39. The fourth-order valence-electron chi connectivity index (χ4n) is 2.58. The number of nitrogens with zero attached hydrogens (tertiary/aromatic N) is 3. The molecule has 25 heavy (non-hydrogen) atoms. The zero-order valence-corrected chi connectivity index (χ0v) is 13.5. The Morgan fingerprint density at radius 3 is 2.64 bits per heavy atom. The van der Waals surface area contributed by atoms with Gasteiger partial charge < -0.3 is 16.2 Å². The molecule has 4 N–H and O–H groups in total. The van der Waals surface area contributed by atoms with Crippen LogP contribution in [0.2, 0.25) is 0 Å². The standard InChI is InChI=1S/C16H16F3N5O/c1-8(10-3-11(16(17,18)19)5-12(20)4-10)21-15-14-6-13(25)7-24(14)23-9(2)22-15/h3-8,25H,20H2,1-2H3,(H,21,22,23)/t8-/m1/s1. The molecule has 0 bridgehead atoms. The first kappa shape index (κ1) is 16.9. The highest BCUT2D eigenvalue weighted by molar-refractivity contribution is 5.70. The molecule has 132 valence electrons. The SMILES string of the molecule is Cc1nc(N[C@H](C)c2cc(N)cc(C(F)(F)F)c2)c2cc(O)cn2n1. The summed E-state index contributed by atoms with van der Waals surface area (Å²) in [5.74, 6) is 0.858. The van der Waals surface area contributed by atoms with Gasteiger partial charge in [0, 0.05) is 11.8 Å². The predicted molar refractivity (Wildman–Crippen MR) is 87.3 cm³/mol. The lowest BCUT2D eigenvalue weighted by Crippen LogP contribution is -2.13. The molecule has 0 saturated heterocycles.